The van der Waals surface area contributed by atoms with Crippen molar-refractivity contribution in [1.29, 1.82) is 0 Å². The highest BCUT2D eigenvalue weighted by Gasteiger charge is 2.11. The zero-order chi connectivity index (χ0) is 13.7. The minimum absolute atomic E-state index is 0.0258. The van der Waals surface area contributed by atoms with Crippen LogP contribution in [0.15, 0.2) is 18.2 Å². The lowest BCUT2D eigenvalue weighted by atomic mass is 10.1. The number of carbonyl (C=O) groups excluding carboxylic acids is 1. The van der Waals surface area contributed by atoms with Crippen LogP contribution in [0.5, 0.6) is 11.5 Å². The van der Waals surface area contributed by atoms with E-state index in [9.17, 15) is 4.79 Å². The van der Waals surface area contributed by atoms with Gasteiger partial charge in [0.2, 0.25) is 5.91 Å². The molecule has 1 aliphatic rings. The number of benzene rings is 1. The molecule has 1 aromatic carbocycles. The van der Waals surface area contributed by atoms with Crippen molar-refractivity contribution in [2.24, 2.45) is 5.84 Å². The van der Waals surface area contributed by atoms with E-state index in [1.165, 1.54) is 5.56 Å². The van der Waals surface area contributed by atoms with E-state index in [1.807, 2.05) is 18.2 Å². The van der Waals surface area contributed by atoms with Crippen LogP contribution in [0.2, 0.25) is 0 Å². The van der Waals surface area contributed by atoms with Gasteiger partial charge in [0.15, 0.2) is 11.5 Å². The third-order valence-electron chi connectivity index (χ3n) is 3.11. The summed E-state index contributed by atoms with van der Waals surface area (Å²) in [6, 6.07) is 6.01. The minimum Gasteiger partial charge on any atom is -0.486 e. The molecule has 1 heterocycles. The zero-order valence-corrected chi connectivity index (χ0v) is 11.2. The summed E-state index contributed by atoms with van der Waals surface area (Å²) in [5.74, 6) is 6.97. The van der Waals surface area contributed by atoms with Gasteiger partial charge in [0, 0.05) is 13.5 Å². The molecule has 0 aromatic heterocycles. The Morgan fingerprint density at radius 3 is 2.74 bits per heavy atom. The number of ether oxygens (including phenoxy) is 2. The molecule has 0 fully saturated rings. The summed E-state index contributed by atoms with van der Waals surface area (Å²) in [4.78, 5) is 11.3. The average Bonchev–Trinajstić information content (AvgIpc) is 2.43. The molecule has 5 nitrogen and oxygen atoms in total. The van der Waals surface area contributed by atoms with Gasteiger partial charge < -0.3 is 9.47 Å². The van der Waals surface area contributed by atoms with Crippen LogP contribution in [0.4, 0.5) is 0 Å². The summed E-state index contributed by atoms with van der Waals surface area (Å²) in [5.41, 5.74) is 1.21. The van der Waals surface area contributed by atoms with Gasteiger partial charge in [0.1, 0.15) is 13.2 Å². The molecule has 1 amide bonds. The first-order valence-corrected chi connectivity index (χ1v) is 6.56. The van der Waals surface area contributed by atoms with Gasteiger partial charge in [-0.3, -0.25) is 9.80 Å². The summed E-state index contributed by atoms with van der Waals surface area (Å²) in [5, 5.41) is 1.14. The summed E-state index contributed by atoms with van der Waals surface area (Å²) < 4.78 is 11.0. The highest BCUT2D eigenvalue weighted by Crippen LogP contribution is 2.31. The number of fused-ring (bicyclic) bond motifs is 1. The van der Waals surface area contributed by atoms with Gasteiger partial charge in [-0.15, -0.1) is 0 Å². The molecule has 5 heteroatoms. The maximum absolute atomic E-state index is 11.3. The Morgan fingerprint density at radius 2 is 2.00 bits per heavy atom. The molecule has 2 N–H and O–H groups in total. The van der Waals surface area contributed by atoms with Crippen LogP contribution in [0.1, 0.15) is 24.8 Å². The second kappa shape index (κ2) is 6.43. The Bertz CT molecular complexity index is 446. The highest BCUT2D eigenvalue weighted by atomic mass is 16.6. The Balaban J connectivity index is 1.79. The largest absolute Gasteiger partial charge is 0.486 e. The van der Waals surface area contributed by atoms with E-state index >= 15 is 0 Å². The van der Waals surface area contributed by atoms with Crippen LogP contribution in [0.3, 0.4) is 0 Å². The Kier molecular flexibility index (Phi) is 4.63. The molecule has 19 heavy (non-hydrogen) atoms. The number of nitrogens with zero attached hydrogens (tertiary/aromatic N) is 1. The first-order valence-electron chi connectivity index (χ1n) is 6.56. The van der Waals surface area contributed by atoms with Crippen LogP contribution in [0, 0.1) is 0 Å². The summed E-state index contributed by atoms with van der Waals surface area (Å²) in [6.07, 6.45) is 3.23. The SMILES string of the molecule is CN(N)C(=O)CCCCc1ccc2c(c1)OCCO2. The van der Waals surface area contributed by atoms with Gasteiger partial charge in [-0.05, 0) is 37.0 Å². The number of hydrazine groups is 1. The first-order chi connectivity index (χ1) is 9.16. The van der Waals surface area contributed by atoms with E-state index in [-0.39, 0.29) is 5.91 Å². The third kappa shape index (κ3) is 3.86. The van der Waals surface area contributed by atoms with Gasteiger partial charge >= 0.3 is 0 Å². The number of hydrogen-bond acceptors (Lipinski definition) is 4. The predicted molar refractivity (Wildman–Crippen MR) is 71.9 cm³/mol. The second-order valence-corrected chi connectivity index (χ2v) is 4.69. The van der Waals surface area contributed by atoms with Crippen LogP contribution >= 0.6 is 0 Å². The Morgan fingerprint density at radius 1 is 1.26 bits per heavy atom. The van der Waals surface area contributed by atoms with E-state index in [0.717, 1.165) is 35.8 Å². The standard InChI is InChI=1S/C14H20N2O3/c1-16(15)14(17)5-3-2-4-11-6-7-12-13(10-11)19-9-8-18-12/h6-7,10H,2-5,8-9,15H2,1H3. The van der Waals surface area contributed by atoms with Crippen LogP contribution in [-0.4, -0.2) is 31.2 Å². The average molecular weight is 264 g/mol. The molecule has 2 rings (SSSR count). The lowest BCUT2D eigenvalue weighted by Gasteiger charge is -2.18. The Hall–Kier alpha value is -1.75. The molecule has 104 valence electrons. The smallest absolute Gasteiger partial charge is 0.236 e. The number of rotatable bonds is 5. The molecule has 0 atom stereocenters. The van der Waals surface area contributed by atoms with E-state index in [4.69, 9.17) is 15.3 Å². The fraction of sp³-hybridized carbons (Fsp3) is 0.500. The quantitative estimate of drug-likeness (QED) is 0.379. The van der Waals surface area contributed by atoms with E-state index in [2.05, 4.69) is 0 Å². The van der Waals surface area contributed by atoms with Crippen LogP contribution < -0.4 is 15.3 Å². The molecule has 1 aliphatic heterocycles. The van der Waals surface area contributed by atoms with Crippen molar-refractivity contribution < 1.29 is 14.3 Å². The molecule has 0 saturated carbocycles. The molecular formula is C14H20N2O3. The Labute approximate surface area is 113 Å². The summed E-state index contributed by atoms with van der Waals surface area (Å²) in [7, 11) is 1.57. The van der Waals surface area contributed by atoms with Gasteiger partial charge in [0.05, 0.1) is 0 Å². The highest BCUT2D eigenvalue weighted by molar-refractivity contribution is 5.75. The lowest BCUT2D eigenvalue weighted by Crippen LogP contribution is -2.32. The third-order valence-corrected chi connectivity index (χ3v) is 3.11. The number of nitrogens with two attached hydrogens (primary N) is 1. The predicted octanol–water partition coefficient (Wildman–Crippen LogP) is 1.50. The molecule has 0 spiro atoms. The number of carbonyl (C=O) groups is 1. The van der Waals surface area contributed by atoms with E-state index < -0.39 is 0 Å². The van der Waals surface area contributed by atoms with Crippen molar-refractivity contribution >= 4 is 5.91 Å². The van der Waals surface area contributed by atoms with Crippen molar-refractivity contribution in [3.8, 4) is 11.5 Å². The van der Waals surface area contributed by atoms with Crippen molar-refractivity contribution in [3.63, 3.8) is 0 Å². The molecule has 1 aromatic rings. The van der Waals surface area contributed by atoms with Gasteiger partial charge in [-0.25, -0.2) is 5.84 Å². The van der Waals surface area contributed by atoms with E-state index in [0.29, 0.717) is 19.6 Å². The van der Waals surface area contributed by atoms with Crippen LogP contribution in [0.25, 0.3) is 0 Å². The molecule has 0 saturated heterocycles. The topological polar surface area (TPSA) is 64.8 Å². The maximum atomic E-state index is 11.3. The molecule has 0 bridgehead atoms. The molecule has 0 aliphatic carbocycles. The van der Waals surface area contributed by atoms with Crippen LogP contribution in [-0.2, 0) is 11.2 Å². The monoisotopic (exact) mass is 264 g/mol. The van der Waals surface area contributed by atoms with Crippen molar-refractivity contribution in [2.45, 2.75) is 25.7 Å². The summed E-state index contributed by atoms with van der Waals surface area (Å²) >= 11 is 0. The lowest BCUT2D eigenvalue weighted by molar-refractivity contribution is -0.130. The zero-order valence-electron chi connectivity index (χ0n) is 11.2. The molecular weight excluding hydrogens is 244 g/mol. The fourth-order valence-electron chi connectivity index (χ4n) is 2.02. The number of amides is 1. The van der Waals surface area contributed by atoms with Crippen molar-refractivity contribution in [2.75, 3.05) is 20.3 Å². The fourth-order valence-corrected chi connectivity index (χ4v) is 2.02. The van der Waals surface area contributed by atoms with E-state index in [1.54, 1.807) is 7.05 Å². The van der Waals surface area contributed by atoms with Crippen molar-refractivity contribution in [1.82, 2.24) is 5.01 Å². The number of aryl methyl sites for hydroxylation is 1. The maximum Gasteiger partial charge on any atom is 0.236 e. The van der Waals surface area contributed by atoms with Gasteiger partial charge in [0.25, 0.3) is 0 Å². The number of unbranched alkanes of at least 4 members (excludes halogenated alkanes) is 1. The van der Waals surface area contributed by atoms with Gasteiger partial charge in [-0.1, -0.05) is 6.07 Å². The van der Waals surface area contributed by atoms with Gasteiger partial charge in [-0.2, -0.15) is 0 Å². The first kappa shape index (κ1) is 13.7. The molecule has 0 unspecified atom stereocenters. The minimum atomic E-state index is -0.0258. The van der Waals surface area contributed by atoms with Crippen molar-refractivity contribution in [3.05, 3.63) is 23.8 Å². The number of hydrogen-bond donors (Lipinski definition) is 1. The normalized spacial score (nSPS) is 13.2. The molecule has 0 radical (unpaired) electrons. The summed E-state index contributed by atoms with van der Waals surface area (Å²) in [6.45, 7) is 1.22. The second-order valence-electron chi connectivity index (χ2n) is 4.69.